The summed E-state index contributed by atoms with van der Waals surface area (Å²) in [5.41, 5.74) is 1.28. The van der Waals surface area contributed by atoms with Crippen molar-refractivity contribution in [3.63, 3.8) is 0 Å². The van der Waals surface area contributed by atoms with E-state index in [1.54, 1.807) is 7.11 Å². The van der Waals surface area contributed by atoms with Crippen LogP contribution in [0.4, 0.5) is 5.82 Å². The summed E-state index contributed by atoms with van der Waals surface area (Å²) >= 11 is 0. The van der Waals surface area contributed by atoms with E-state index in [9.17, 15) is 0 Å². The molecule has 1 saturated heterocycles. The fraction of sp³-hybridized carbons (Fsp3) is 0.643. The number of pyridine rings is 1. The van der Waals surface area contributed by atoms with Crippen LogP contribution in [-0.4, -0.2) is 37.4 Å². The first-order chi connectivity index (χ1) is 8.83. The van der Waals surface area contributed by atoms with Gasteiger partial charge in [-0.2, -0.15) is 0 Å². The van der Waals surface area contributed by atoms with Crippen molar-refractivity contribution < 1.29 is 9.47 Å². The van der Waals surface area contributed by atoms with E-state index < -0.39 is 0 Å². The average molecular weight is 248 g/mol. The fourth-order valence-corrected chi connectivity index (χ4v) is 2.95. The van der Waals surface area contributed by atoms with Crippen LogP contribution in [0.5, 0.6) is 5.75 Å². The van der Waals surface area contributed by atoms with E-state index in [4.69, 9.17) is 9.47 Å². The van der Waals surface area contributed by atoms with Crippen molar-refractivity contribution in [3.8, 4) is 5.75 Å². The van der Waals surface area contributed by atoms with Crippen LogP contribution in [0.15, 0.2) is 12.3 Å². The Kier molecular flexibility index (Phi) is 3.12. The zero-order valence-corrected chi connectivity index (χ0v) is 11.1. The average Bonchev–Trinajstić information content (AvgIpc) is 2.83. The molecule has 1 fully saturated rings. The van der Waals surface area contributed by atoms with Crippen LogP contribution >= 0.6 is 0 Å². The Labute approximate surface area is 108 Å². The molecule has 0 radical (unpaired) electrons. The molecule has 3 heterocycles. The number of aryl methyl sites for hydroxylation is 1. The van der Waals surface area contributed by atoms with Crippen molar-refractivity contribution in [1.82, 2.24) is 4.98 Å². The van der Waals surface area contributed by atoms with Gasteiger partial charge < -0.3 is 14.4 Å². The number of rotatable bonds is 3. The molecule has 0 aliphatic carbocycles. The quantitative estimate of drug-likeness (QED) is 0.819. The smallest absolute Gasteiger partial charge is 0.172 e. The number of ether oxygens (including phenoxy) is 2. The number of nitrogens with zero attached hydrogens (tertiary/aromatic N) is 2. The normalized spacial score (nSPS) is 25.6. The molecule has 0 N–H and O–H groups in total. The number of anilines is 1. The van der Waals surface area contributed by atoms with Gasteiger partial charge in [0.1, 0.15) is 6.61 Å². The maximum atomic E-state index is 5.95. The highest BCUT2D eigenvalue weighted by molar-refractivity contribution is 5.59. The molecule has 1 aromatic rings. The predicted octanol–water partition coefficient (Wildman–Crippen LogP) is 2.02. The van der Waals surface area contributed by atoms with E-state index in [-0.39, 0.29) is 0 Å². The van der Waals surface area contributed by atoms with Gasteiger partial charge in [0.25, 0.3) is 0 Å². The van der Waals surface area contributed by atoms with Gasteiger partial charge in [-0.15, -0.1) is 0 Å². The maximum absolute atomic E-state index is 5.95. The summed E-state index contributed by atoms with van der Waals surface area (Å²) < 4.78 is 11.4. The van der Waals surface area contributed by atoms with Crippen LogP contribution in [0.25, 0.3) is 0 Å². The minimum atomic E-state index is 0.307. The molecular weight excluding hydrogens is 228 g/mol. The molecule has 0 aromatic carbocycles. The summed E-state index contributed by atoms with van der Waals surface area (Å²) in [6.45, 7) is 3.88. The summed E-state index contributed by atoms with van der Waals surface area (Å²) in [5.74, 6) is 2.00. The van der Waals surface area contributed by atoms with Gasteiger partial charge >= 0.3 is 0 Å². The van der Waals surface area contributed by atoms with Crippen molar-refractivity contribution in [2.75, 3.05) is 25.2 Å². The summed E-state index contributed by atoms with van der Waals surface area (Å²) in [6.07, 6.45) is 5.42. The molecule has 0 bridgehead atoms. The third-order valence-corrected chi connectivity index (χ3v) is 3.89. The number of aromatic nitrogens is 1. The summed E-state index contributed by atoms with van der Waals surface area (Å²) in [7, 11) is 1.78. The molecule has 18 heavy (non-hydrogen) atoms. The largest absolute Gasteiger partial charge is 0.487 e. The number of methoxy groups -OCH3 is 1. The minimum absolute atomic E-state index is 0.307. The van der Waals surface area contributed by atoms with Crippen LogP contribution in [0.3, 0.4) is 0 Å². The highest BCUT2D eigenvalue weighted by Crippen LogP contribution is 2.39. The van der Waals surface area contributed by atoms with Crippen molar-refractivity contribution in [3.05, 3.63) is 17.8 Å². The molecule has 1 aromatic heterocycles. The molecule has 0 saturated carbocycles. The maximum Gasteiger partial charge on any atom is 0.172 e. The Hall–Kier alpha value is -1.29. The Morgan fingerprint density at radius 1 is 1.56 bits per heavy atom. The van der Waals surface area contributed by atoms with Crippen LogP contribution in [0, 0.1) is 0 Å². The van der Waals surface area contributed by atoms with Crippen LogP contribution in [0.1, 0.15) is 25.3 Å². The van der Waals surface area contributed by atoms with Gasteiger partial charge in [0, 0.05) is 19.9 Å². The lowest BCUT2D eigenvalue weighted by Gasteiger charge is -2.33. The Balaban J connectivity index is 1.93. The highest BCUT2D eigenvalue weighted by Gasteiger charge is 2.38. The van der Waals surface area contributed by atoms with Crippen LogP contribution in [0.2, 0.25) is 0 Å². The predicted molar refractivity (Wildman–Crippen MR) is 70.3 cm³/mol. The van der Waals surface area contributed by atoms with Crippen molar-refractivity contribution in [2.45, 2.75) is 38.3 Å². The van der Waals surface area contributed by atoms with Gasteiger partial charge in [0.05, 0.1) is 12.1 Å². The van der Waals surface area contributed by atoms with Gasteiger partial charge in [-0.05, 0) is 24.5 Å². The lowest BCUT2D eigenvalue weighted by Crippen LogP contribution is -2.39. The summed E-state index contributed by atoms with van der Waals surface area (Å²) in [4.78, 5) is 6.87. The van der Waals surface area contributed by atoms with Crippen molar-refractivity contribution in [1.29, 1.82) is 0 Å². The number of hydrogen-bond acceptors (Lipinski definition) is 4. The summed E-state index contributed by atoms with van der Waals surface area (Å²) in [5, 5.41) is 0. The monoisotopic (exact) mass is 248 g/mol. The lowest BCUT2D eigenvalue weighted by atomic mass is 10.1. The van der Waals surface area contributed by atoms with E-state index >= 15 is 0 Å². The van der Waals surface area contributed by atoms with E-state index in [2.05, 4.69) is 22.9 Å². The first-order valence-corrected chi connectivity index (χ1v) is 6.73. The Morgan fingerprint density at radius 3 is 3.22 bits per heavy atom. The van der Waals surface area contributed by atoms with Crippen molar-refractivity contribution >= 4 is 5.82 Å². The van der Waals surface area contributed by atoms with Gasteiger partial charge in [-0.3, -0.25) is 0 Å². The van der Waals surface area contributed by atoms with E-state index in [1.165, 1.54) is 5.56 Å². The Morgan fingerprint density at radius 2 is 2.44 bits per heavy atom. The second-order valence-corrected chi connectivity index (χ2v) is 5.08. The molecule has 4 heteroatoms. The molecule has 98 valence electrons. The number of fused-ring (bicyclic) bond motifs is 3. The van der Waals surface area contributed by atoms with Gasteiger partial charge in [-0.25, -0.2) is 4.98 Å². The molecule has 2 aliphatic rings. The SMILES string of the molecule is CCCc1ccnc2c1OCC1C[C@@H](OC)CN21. The third-order valence-electron chi connectivity index (χ3n) is 3.89. The summed E-state index contributed by atoms with van der Waals surface area (Å²) in [6, 6.07) is 2.50. The molecule has 0 amide bonds. The molecular formula is C14H20N2O2. The van der Waals surface area contributed by atoms with Crippen molar-refractivity contribution in [2.24, 2.45) is 0 Å². The zero-order valence-electron chi connectivity index (χ0n) is 11.1. The minimum Gasteiger partial charge on any atom is -0.487 e. The highest BCUT2D eigenvalue weighted by atomic mass is 16.5. The van der Waals surface area contributed by atoms with Crippen LogP contribution < -0.4 is 9.64 Å². The topological polar surface area (TPSA) is 34.6 Å². The lowest BCUT2D eigenvalue weighted by molar-refractivity contribution is 0.116. The first-order valence-electron chi connectivity index (χ1n) is 6.73. The van der Waals surface area contributed by atoms with E-state index in [0.717, 1.165) is 44.0 Å². The number of hydrogen-bond donors (Lipinski definition) is 0. The van der Waals surface area contributed by atoms with Gasteiger partial charge in [-0.1, -0.05) is 13.3 Å². The second-order valence-electron chi connectivity index (χ2n) is 5.08. The molecule has 1 unspecified atom stereocenters. The van der Waals surface area contributed by atoms with E-state index in [1.807, 2.05) is 6.20 Å². The van der Waals surface area contributed by atoms with E-state index in [0.29, 0.717) is 12.1 Å². The fourth-order valence-electron chi connectivity index (χ4n) is 2.95. The molecule has 0 spiro atoms. The zero-order chi connectivity index (χ0) is 12.5. The third kappa shape index (κ3) is 1.85. The standard InChI is InChI=1S/C14H20N2O2/c1-3-4-10-5-6-15-14-13(10)18-9-11-7-12(17-2)8-16(11)14/h5-6,11-12H,3-4,7-9H2,1-2H3/t11?,12-/m1/s1. The van der Waals surface area contributed by atoms with Crippen LogP contribution in [-0.2, 0) is 11.2 Å². The van der Waals surface area contributed by atoms with Gasteiger partial charge in [0.2, 0.25) is 0 Å². The molecule has 4 nitrogen and oxygen atoms in total. The molecule has 3 rings (SSSR count). The first kappa shape index (κ1) is 11.8. The Bertz CT molecular complexity index is 436. The molecule has 2 aliphatic heterocycles. The van der Waals surface area contributed by atoms with Gasteiger partial charge in [0.15, 0.2) is 11.6 Å². The molecule has 2 atom stereocenters. The second kappa shape index (κ2) is 4.76.